The average Bonchev–Trinajstić information content (AvgIpc) is 2.27. The van der Waals surface area contributed by atoms with Crippen LogP contribution in [0.2, 0.25) is 0 Å². The van der Waals surface area contributed by atoms with E-state index >= 15 is 0 Å². The zero-order chi connectivity index (χ0) is 11.1. The molecule has 0 fully saturated rings. The maximum Gasteiger partial charge on any atom is 0.321 e. The molecule has 1 aliphatic carbocycles. The molecule has 0 saturated carbocycles. The standard InChI is InChI=1S/C10H15ClN2O2/c11-6-9(14)13-10(15)12-7-8-4-2-1-3-5-8/h1-2,8H,3-7H2,(H2,12,13,14,15). The number of alkyl halides is 1. The van der Waals surface area contributed by atoms with E-state index in [0.29, 0.717) is 12.5 Å². The molecule has 0 heterocycles. The quantitative estimate of drug-likeness (QED) is 0.569. The van der Waals surface area contributed by atoms with Crippen molar-refractivity contribution < 1.29 is 9.59 Å². The number of allylic oxidation sites excluding steroid dienone is 2. The highest BCUT2D eigenvalue weighted by Crippen LogP contribution is 2.16. The zero-order valence-electron chi connectivity index (χ0n) is 8.46. The molecular weight excluding hydrogens is 216 g/mol. The second-order valence-electron chi connectivity index (χ2n) is 3.54. The number of imide groups is 1. The van der Waals surface area contributed by atoms with Crippen LogP contribution in [-0.2, 0) is 4.79 Å². The number of halogens is 1. The van der Waals surface area contributed by atoms with Crippen LogP contribution in [0.25, 0.3) is 0 Å². The Hall–Kier alpha value is -1.03. The third-order valence-corrected chi connectivity index (χ3v) is 2.55. The molecule has 0 aromatic carbocycles. The second-order valence-corrected chi connectivity index (χ2v) is 3.81. The van der Waals surface area contributed by atoms with Crippen LogP contribution in [0.4, 0.5) is 4.79 Å². The van der Waals surface area contributed by atoms with Crippen molar-refractivity contribution in [1.82, 2.24) is 10.6 Å². The van der Waals surface area contributed by atoms with Crippen LogP contribution in [0.15, 0.2) is 12.2 Å². The minimum absolute atomic E-state index is 0.195. The number of urea groups is 1. The lowest BCUT2D eigenvalue weighted by Crippen LogP contribution is -2.42. The lowest BCUT2D eigenvalue weighted by Gasteiger charge is -2.17. The lowest BCUT2D eigenvalue weighted by molar-refractivity contribution is -0.117. The van der Waals surface area contributed by atoms with E-state index in [2.05, 4.69) is 22.8 Å². The van der Waals surface area contributed by atoms with Gasteiger partial charge in [-0.15, -0.1) is 11.6 Å². The Balaban J connectivity index is 2.16. The number of amides is 3. The van der Waals surface area contributed by atoms with Crippen molar-refractivity contribution in [2.75, 3.05) is 12.4 Å². The first-order valence-corrected chi connectivity index (χ1v) is 5.54. The van der Waals surface area contributed by atoms with Crippen molar-refractivity contribution in [1.29, 1.82) is 0 Å². The molecule has 0 saturated heterocycles. The van der Waals surface area contributed by atoms with E-state index in [-0.39, 0.29) is 5.88 Å². The molecule has 1 rings (SSSR count). The Bertz CT molecular complexity index is 266. The van der Waals surface area contributed by atoms with E-state index in [9.17, 15) is 9.59 Å². The number of hydrogen-bond donors (Lipinski definition) is 2. The molecule has 0 bridgehead atoms. The largest absolute Gasteiger partial charge is 0.338 e. The summed E-state index contributed by atoms with van der Waals surface area (Å²) in [5.41, 5.74) is 0. The van der Waals surface area contributed by atoms with E-state index in [1.165, 1.54) is 0 Å². The molecular formula is C10H15ClN2O2. The van der Waals surface area contributed by atoms with Gasteiger partial charge in [-0.2, -0.15) is 0 Å². The summed E-state index contributed by atoms with van der Waals surface area (Å²) in [4.78, 5) is 21.9. The van der Waals surface area contributed by atoms with E-state index in [4.69, 9.17) is 11.6 Å². The topological polar surface area (TPSA) is 58.2 Å². The highest BCUT2D eigenvalue weighted by Gasteiger charge is 2.12. The lowest BCUT2D eigenvalue weighted by atomic mass is 9.94. The Labute approximate surface area is 94.1 Å². The first-order chi connectivity index (χ1) is 7.22. The summed E-state index contributed by atoms with van der Waals surface area (Å²) in [7, 11) is 0. The van der Waals surface area contributed by atoms with Crippen molar-refractivity contribution in [3.8, 4) is 0 Å². The number of rotatable bonds is 3. The molecule has 15 heavy (non-hydrogen) atoms. The SMILES string of the molecule is O=C(CCl)NC(=O)NCC1CC=CCC1. The summed E-state index contributed by atoms with van der Waals surface area (Å²) < 4.78 is 0. The highest BCUT2D eigenvalue weighted by atomic mass is 35.5. The predicted octanol–water partition coefficient (Wildman–Crippen LogP) is 1.41. The van der Waals surface area contributed by atoms with Crippen molar-refractivity contribution in [2.24, 2.45) is 5.92 Å². The molecule has 0 aromatic heterocycles. The molecule has 4 nitrogen and oxygen atoms in total. The van der Waals surface area contributed by atoms with Gasteiger partial charge in [-0.05, 0) is 25.2 Å². The molecule has 0 aromatic rings. The van der Waals surface area contributed by atoms with E-state index in [1.54, 1.807) is 0 Å². The minimum Gasteiger partial charge on any atom is -0.338 e. The van der Waals surface area contributed by atoms with Gasteiger partial charge in [-0.25, -0.2) is 4.79 Å². The van der Waals surface area contributed by atoms with Crippen molar-refractivity contribution in [2.45, 2.75) is 19.3 Å². The summed E-state index contributed by atoms with van der Waals surface area (Å²) in [6, 6.07) is -0.463. The van der Waals surface area contributed by atoms with Crippen LogP contribution in [0.5, 0.6) is 0 Å². The average molecular weight is 231 g/mol. The molecule has 0 aliphatic heterocycles. The number of carbonyl (C=O) groups is 2. The van der Waals surface area contributed by atoms with Gasteiger partial charge in [0.1, 0.15) is 5.88 Å². The van der Waals surface area contributed by atoms with E-state index in [0.717, 1.165) is 19.3 Å². The van der Waals surface area contributed by atoms with Gasteiger partial charge in [-0.1, -0.05) is 12.2 Å². The normalized spacial score (nSPS) is 19.7. The summed E-state index contributed by atoms with van der Waals surface area (Å²) >= 11 is 5.24. The van der Waals surface area contributed by atoms with Crippen molar-refractivity contribution in [3.63, 3.8) is 0 Å². The fourth-order valence-corrected chi connectivity index (χ4v) is 1.55. The molecule has 0 spiro atoms. The predicted molar refractivity (Wildman–Crippen MR) is 58.7 cm³/mol. The molecule has 2 N–H and O–H groups in total. The van der Waals surface area contributed by atoms with Crippen LogP contribution in [-0.4, -0.2) is 24.4 Å². The third kappa shape index (κ3) is 4.83. The summed E-state index contributed by atoms with van der Waals surface area (Å²) in [5, 5.41) is 4.78. The molecule has 5 heteroatoms. The van der Waals surface area contributed by atoms with Crippen LogP contribution >= 0.6 is 11.6 Å². The third-order valence-electron chi connectivity index (χ3n) is 2.30. The fraction of sp³-hybridized carbons (Fsp3) is 0.600. The molecule has 1 aliphatic rings. The summed E-state index contributed by atoms with van der Waals surface area (Å²) in [5.74, 6) is -0.191. The Morgan fingerprint density at radius 2 is 2.20 bits per heavy atom. The first-order valence-electron chi connectivity index (χ1n) is 5.01. The Morgan fingerprint density at radius 3 is 2.80 bits per heavy atom. The van der Waals surface area contributed by atoms with Crippen molar-refractivity contribution in [3.05, 3.63) is 12.2 Å². The van der Waals surface area contributed by atoms with E-state index in [1.807, 2.05) is 0 Å². The van der Waals surface area contributed by atoms with E-state index < -0.39 is 11.9 Å². The van der Waals surface area contributed by atoms with Gasteiger partial charge >= 0.3 is 6.03 Å². The van der Waals surface area contributed by atoms with Gasteiger partial charge in [0.2, 0.25) is 5.91 Å². The molecule has 0 radical (unpaired) electrons. The van der Waals surface area contributed by atoms with Gasteiger partial charge in [0.05, 0.1) is 0 Å². The monoisotopic (exact) mass is 230 g/mol. The van der Waals surface area contributed by atoms with Crippen molar-refractivity contribution >= 4 is 23.5 Å². The van der Waals surface area contributed by atoms with Crippen LogP contribution in [0, 0.1) is 5.92 Å². The van der Waals surface area contributed by atoms with Gasteiger partial charge in [0.15, 0.2) is 0 Å². The van der Waals surface area contributed by atoms with Gasteiger partial charge in [0.25, 0.3) is 0 Å². The summed E-state index contributed by atoms with van der Waals surface area (Å²) in [6.45, 7) is 0.603. The van der Waals surface area contributed by atoms with Crippen LogP contribution < -0.4 is 10.6 Å². The number of nitrogens with one attached hydrogen (secondary N) is 2. The maximum atomic E-state index is 11.1. The molecule has 1 atom stereocenters. The van der Waals surface area contributed by atoms with Gasteiger partial charge in [0, 0.05) is 6.54 Å². The summed E-state index contributed by atoms with van der Waals surface area (Å²) in [6.07, 6.45) is 7.41. The maximum absolute atomic E-state index is 11.1. The molecule has 84 valence electrons. The second kappa shape index (κ2) is 6.45. The zero-order valence-corrected chi connectivity index (χ0v) is 9.22. The van der Waals surface area contributed by atoms with Crippen LogP contribution in [0.1, 0.15) is 19.3 Å². The smallest absolute Gasteiger partial charge is 0.321 e. The Morgan fingerprint density at radius 1 is 1.40 bits per heavy atom. The molecule has 3 amide bonds. The number of carbonyl (C=O) groups excluding carboxylic acids is 2. The Kier molecular flexibility index (Phi) is 5.18. The number of hydrogen-bond acceptors (Lipinski definition) is 2. The minimum atomic E-state index is -0.474. The van der Waals surface area contributed by atoms with Crippen LogP contribution in [0.3, 0.4) is 0 Å². The fourth-order valence-electron chi connectivity index (χ4n) is 1.48. The van der Waals surface area contributed by atoms with Gasteiger partial charge in [-0.3, -0.25) is 10.1 Å². The molecule has 1 unspecified atom stereocenters. The first kappa shape index (κ1) is 12.0. The highest BCUT2D eigenvalue weighted by molar-refractivity contribution is 6.28. The van der Waals surface area contributed by atoms with Gasteiger partial charge < -0.3 is 5.32 Å².